The second-order valence-electron chi connectivity index (χ2n) is 5.68. The molecular formula is C18H14F3N3. The highest BCUT2D eigenvalue weighted by Gasteiger charge is 2.30. The van der Waals surface area contributed by atoms with Crippen LogP contribution in [0.5, 0.6) is 0 Å². The second kappa shape index (κ2) is 5.40. The molecule has 0 unspecified atom stereocenters. The number of alkyl halides is 3. The van der Waals surface area contributed by atoms with Gasteiger partial charge in [0, 0.05) is 17.7 Å². The maximum atomic E-state index is 12.7. The van der Waals surface area contributed by atoms with Gasteiger partial charge in [0.15, 0.2) is 0 Å². The summed E-state index contributed by atoms with van der Waals surface area (Å²) in [5.41, 5.74) is 2.92. The number of fused-ring (bicyclic) bond motifs is 1. The Kier molecular flexibility index (Phi) is 3.33. The van der Waals surface area contributed by atoms with Crippen molar-refractivity contribution in [3.63, 3.8) is 0 Å². The minimum atomic E-state index is -4.34. The summed E-state index contributed by atoms with van der Waals surface area (Å²) in [5.74, 6) is 0.855. The van der Waals surface area contributed by atoms with E-state index in [-0.39, 0.29) is 0 Å². The number of aromatic nitrogens is 2. The molecule has 0 aliphatic carbocycles. The van der Waals surface area contributed by atoms with Crippen molar-refractivity contribution < 1.29 is 13.2 Å². The average Bonchev–Trinajstić information content (AvgIpc) is 3.17. The predicted octanol–water partition coefficient (Wildman–Crippen LogP) is 4.53. The Morgan fingerprint density at radius 1 is 0.958 bits per heavy atom. The van der Waals surface area contributed by atoms with Crippen LogP contribution in [0, 0.1) is 0 Å². The van der Waals surface area contributed by atoms with E-state index in [1.165, 1.54) is 12.1 Å². The fraction of sp³-hybridized carbons (Fsp3) is 0.167. The highest BCUT2D eigenvalue weighted by Crippen LogP contribution is 2.35. The molecule has 2 heterocycles. The van der Waals surface area contributed by atoms with Gasteiger partial charge in [-0.15, -0.1) is 0 Å². The van der Waals surface area contributed by atoms with Crippen molar-refractivity contribution in [1.82, 2.24) is 9.78 Å². The first-order valence-electron chi connectivity index (χ1n) is 7.63. The van der Waals surface area contributed by atoms with E-state index < -0.39 is 11.7 Å². The molecule has 3 aromatic rings. The van der Waals surface area contributed by atoms with E-state index in [4.69, 9.17) is 0 Å². The molecule has 0 saturated heterocycles. The predicted molar refractivity (Wildman–Crippen MR) is 86.2 cm³/mol. The first-order valence-corrected chi connectivity index (χ1v) is 7.63. The first-order chi connectivity index (χ1) is 11.5. The van der Waals surface area contributed by atoms with Gasteiger partial charge in [-0.1, -0.05) is 30.3 Å². The Hall–Kier alpha value is -2.76. The molecule has 3 nitrogen and oxygen atoms in total. The third kappa shape index (κ3) is 2.44. The summed E-state index contributed by atoms with van der Waals surface area (Å²) in [6.45, 7) is 0.799. The van der Waals surface area contributed by atoms with Gasteiger partial charge in [0.05, 0.1) is 16.9 Å². The third-order valence-electron chi connectivity index (χ3n) is 4.14. The normalized spacial score (nSPS) is 13.6. The Bertz CT molecular complexity index is 865. The molecule has 0 amide bonds. The summed E-state index contributed by atoms with van der Waals surface area (Å²) in [6, 6.07) is 14.9. The van der Waals surface area contributed by atoms with Gasteiger partial charge in [-0.3, -0.25) is 0 Å². The minimum absolute atomic E-state index is 0.607. The lowest BCUT2D eigenvalue weighted by atomic mass is 10.1. The number of anilines is 1. The molecule has 0 bridgehead atoms. The molecule has 1 aliphatic heterocycles. The van der Waals surface area contributed by atoms with Crippen molar-refractivity contribution in [3.05, 3.63) is 65.7 Å². The molecule has 0 fully saturated rings. The molecule has 0 atom stereocenters. The van der Waals surface area contributed by atoms with Gasteiger partial charge in [-0.2, -0.15) is 18.3 Å². The number of hydrogen-bond donors (Lipinski definition) is 1. The number of nitrogens with zero attached hydrogens (tertiary/aromatic N) is 2. The van der Waals surface area contributed by atoms with E-state index in [0.29, 0.717) is 5.69 Å². The van der Waals surface area contributed by atoms with Crippen molar-refractivity contribution in [2.75, 3.05) is 11.9 Å². The van der Waals surface area contributed by atoms with Gasteiger partial charge in [0.25, 0.3) is 0 Å². The van der Waals surface area contributed by atoms with E-state index in [1.54, 1.807) is 4.68 Å². The molecule has 1 aliphatic rings. The maximum Gasteiger partial charge on any atom is 0.416 e. The van der Waals surface area contributed by atoms with Crippen LogP contribution in [-0.2, 0) is 12.6 Å². The quantitative estimate of drug-likeness (QED) is 0.749. The van der Waals surface area contributed by atoms with Crippen LogP contribution >= 0.6 is 0 Å². The Balaban J connectivity index is 1.80. The molecule has 0 spiro atoms. The number of nitrogens with one attached hydrogen (secondary N) is 1. The fourth-order valence-corrected chi connectivity index (χ4v) is 2.98. The molecule has 122 valence electrons. The van der Waals surface area contributed by atoms with E-state index in [0.717, 1.165) is 47.7 Å². The molecular weight excluding hydrogens is 315 g/mol. The number of benzene rings is 2. The maximum absolute atomic E-state index is 12.7. The van der Waals surface area contributed by atoms with Gasteiger partial charge in [-0.25, -0.2) is 4.68 Å². The van der Waals surface area contributed by atoms with Gasteiger partial charge in [0.2, 0.25) is 0 Å². The van der Waals surface area contributed by atoms with Crippen LogP contribution in [0.15, 0.2) is 54.6 Å². The largest absolute Gasteiger partial charge is 0.416 e. The zero-order valence-electron chi connectivity index (χ0n) is 12.6. The molecule has 0 saturated carbocycles. The molecule has 6 heteroatoms. The lowest BCUT2D eigenvalue weighted by Gasteiger charge is -2.09. The number of hydrogen-bond acceptors (Lipinski definition) is 2. The van der Waals surface area contributed by atoms with Crippen LogP contribution in [0.1, 0.15) is 11.1 Å². The molecule has 2 aromatic carbocycles. The van der Waals surface area contributed by atoms with Crippen molar-refractivity contribution in [1.29, 1.82) is 0 Å². The summed E-state index contributed by atoms with van der Waals surface area (Å²) < 4.78 is 39.9. The van der Waals surface area contributed by atoms with Gasteiger partial charge in [0.1, 0.15) is 5.82 Å². The fourth-order valence-electron chi connectivity index (χ4n) is 2.98. The van der Waals surface area contributed by atoms with Crippen molar-refractivity contribution in [2.45, 2.75) is 12.6 Å². The second-order valence-corrected chi connectivity index (χ2v) is 5.68. The van der Waals surface area contributed by atoms with Gasteiger partial charge < -0.3 is 5.32 Å². The van der Waals surface area contributed by atoms with Gasteiger partial charge >= 0.3 is 6.18 Å². The van der Waals surface area contributed by atoms with E-state index in [9.17, 15) is 13.2 Å². The standard InChI is InChI=1S/C18H14F3N3/c19-18(20,21)13-6-8-14(9-7-13)24-17-15(10-11-22-17)16(23-24)12-4-2-1-3-5-12/h1-9,22H,10-11H2. The Morgan fingerprint density at radius 2 is 1.67 bits per heavy atom. The van der Waals surface area contributed by atoms with E-state index >= 15 is 0 Å². The van der Waals surface area contributed by atoms with E-state index in [2.05, 4.69) is 10.4 Å². The Morgan fingerprint density at radius 3 is 2.33 bits per heavy atom. The summed E-state index contributed by atoms with van der Waals surface area (Å²) in [7, 11) is 0. The highest BCUT2D eigenvalue weighted by molar-refractivity contribution is 5.72. The zero-order valence-corrected chi connectivity index (χ0v) is 12.6. The molecule has 1 aromatic heterocycles. The minimum Gasteiger partial charge on any atom is -0.369 e. The highest BCUT2D eigenvalue weighted by atomic mass is 19.4. The van der Waals surface area contributed by atoms with Crippen LogP contribution < -0.4 is 5.32 Å². The smallest absolute Gasteiger partial charge is 0.369 e. The molecule has 0 radical (unpaired) electrons. The topological polar surface area (TPSA) is 29.9 Å². The van der Waals surface area contributed by atoms with E-state index in [1.807, 2.05) is 30.3 Å². The monoisotopic (exact) mass is 329 g/mol. The molecule has 1 N–H and O–H groups in total. The summed E-state index contributed by atoms with van der Waals surface area (Å²) in [4.78, 5) is 0. The van der Waals surface area contributed by atoms with Crippen LogP contribution in [-0.4, -0.2) is 16.3 Å². The van der Waals surface area contributed by atoms with Crippen LogP contribution in [0.2, 0.25) is 0 Å². The summed E-state index contributed by atoms with van der Waals surface area (Å²) in [5, 5.41) is 7.92. The summed E-state index contributed by atoms with van der Waals surface area (Å²) >= 11 is 0. The van der Waals surface area contributed by atoms with Gasteiger partial charge in [-0.05, 0) is 30.7 Å². The van der Waals surface area contributed by atoms with Crippen molar-refractivity contribution >= 4 is 5.82 Å². The zero-order chi connectivity index (χ0) is 16.7. The lowest BCUT2D eigenvalue weighted by Crippen LogP contribution is -2.07. The molecule has 4 rings (SSSR count). The Labute approximate surface area is 136 Å². The number of rotatable bonds is 2. The average molecular weight is 329 g/mol. The van der Waals surface area contributed by atoms with Crippen LogP contribution in [0.4, 0.5) is 19.0 Å². The van der Waals surface area contributed by atoms with Crippen LogP contribution in [0.25, 0.3) is 16.9 Å². The molecule has 24 heavy (non-hydrogen) atoms. The first kappa shape index (κ1) is 14.8. The third-order valence-corrected chi connectivity index (χ3v) is 4.14. The SMILES string of the molecule is FC(F)(F)c1ccc(-n2nc(-c3ccccc3)c3c2NCC3)cc1. The summed E-state index contributed by atoms with van der Waals surface area (Å²) in [6.07, 6.45) is -3.49. The van der Waals surface area contributed by atoms with Crippen molar-refractivity contribution in [3.8, 4) is 16.9 Å². The lowest BCUT2D eigenvalue weighted by molar-refractivity contribution is -0.137. The van der Waals surface area contributed by atoms with Crippen LogP contribution in [0.3, 0.4) is 0 Å². The number of halogens is 3. The van der Waals surface area contributed by atoms with Crippen molar-refractivity contribution in [2.24, 2.45) is 0 Å².